The number of nitrogens with zero attached hydrogens (tertiary/aromatic N) is 4. The summed E-state index contributed by atoms with van der Waals surface area (Å²) in [4.78, 5) is 138. The van der Waals surface area contributed by atoms with Crippen molar-refractivity contribution in [3.63, 3.8) is 0 Å². The van der Waals surface area contributed by atoms with Crippen molar-refractivity contribution >= 4 is 76.7 Å². The molecule has 4 heterocycles. The number of hydrogen-bond donors (Lipinski definition) is 14. The Morgan fingerprint density at radius 1 is 0.717 bits per heavy atom. The lowest BCUT2D eigenvalue weighted by Gasteiger charge is -2.29. The predicted octanol–water partition coefficient (Wildman–Crippen LogP) is -2.00. The molecule has 3 aliphatic rings. The van der Waals surface area contributed by atoms with Gasteiger partial charge in [0.25, 0.3) is 0 Å². The van der Waals surface area contributed by atoms with Gasteiger partial charge in [-0.05, 0) is 81.4 Å². The topological polar surface area (TPSA) is 482 Å². The molecule has 0 radical (unpaired) electrons. The van der Waals surface area contributed by atoms with Gasteiger partial charge in [-0.25, -0.2) is 4.79 Å². The number of benzene rings is 1. The van der Waals surface area contributed by atoms with Crippen LogP contribution in [0, 0.1) is 11.8 Å². The van der Waals surface area contributed by atoms with E-state index in [4.69, 9.17) is 37.1 Å². The second-order valence-electron chi connectivity index (χ2n) is 23.6. The number of amides is 9. The molecule has 31 nitrogen and oxygen atoms in total. The maximum Gasteiger partial charge on any atom is 0.315 e. The Morgan fingerprint density at radius 2 is 1.37 bits per heavy atom. The number of phenols is 1. The molecule has 5 rings (SSSR count). The van der Waals surface area contributed by atoms with Crippen LogP contribution in [-0.2, 0) is 76.7 Å². The van der Waals surface area contributed by atoms with Crippen LogP contribution in [0.1, 0.15) is 115 Å². The van der Waals surface area contributed by atoms with E-state index in [0.717, 1.165) is 25.0 Å². The molecule has 0 saturated carbocycles. The van der Waals surface area contributed by atoms with E-state index in [1.807, 2.05) is 25.6 Å². The number of nitrogens with one attached hydrogen (secondary N) is 8. The number of aromatic nitrogens is 3. The lowest BCUT2D eigenvalue weighted by molar-refractivity contribution is -0.136. The molecule has 1 aromatic carbocycles. The van der Waals surface area contributed by atoms with E-state index in [9.17, 15) is 58.2 Å². The largest absolute Gasteiger partial charge is 0.508 e. The van der Waals surface area contributed by atoms with Crippen LogP contribution >= 0.6 is 11.8 Å². The van der Waals surface area contributed by atoms with E-state index in [0.29, 0.717) is 55.2 Å². The molecule has 2 saturated heterocycles. The van der Waals surface area contributed by atoms with Crippen molar-refractivity contribution in [3.05, 3.63) is 54.0 Å². The zero-order valence-corrected chi connectivity index (χ0v) is 53.4. The summed E-state index contributed by atoms with van der Waals surface area (Å²) < 4.78 is 18.4. The van der Waals surface area contributed by atoms with Crippen molar-refractivity contribution in [2.24, 2.45) is 39.8 Å². The van der Waals surface area contributed by atoms with Gasteiger partial charge < -0.3 is 89.9 Å². The summed E-state index contributed by atoms with van der Waals surface area (Å²) in [6.45, 7) is 7.59. The number of urea groups is 1. The molecule has 2 bridgehead atoms. The Labute approximate surface area is 539 Å². The van der Waals surface area contributed by atoms with Gasteiger partial charge in [0, 0.05) is 74.7 Å². The first-order valence-electron chi connectivity index (χ1n) is 31.3. The van der Waals surface area contributed by atoms with E-state index >= 15 is 0 Å². The highest BCUT2D eigenvalue weighted by atomic mass is 32.2. The molecule has 0 aliphatic carbocycles. The van der Waals surface area contributed by atoms with E-state index in [1.165, 1.54) is 28.9 Å². The van der Waals surface area contributed by atoms with Crippen molar-refractivity contribution in [2.45, 2.75) is 177 Å². The molecule has 92 heavy (non-hydrogen) atoms. The molecule has 2 aromatic rings. The number of Topliss-reactive ketones (excluding diaryl/α,β-unsaturated/α-hetero) is 2. The van der Waals surface area contributed by atoms with Gasteiger partial charge >= 0.3 is 6.03 Å². The molecule has 1 aromatic heterocycles. The fraction of sp³-hybridized carbons (Fsp3) is 0.650. The zero-order valence-electron chi connectivity index (χ0n) is 52.5. The summed E-state index contributed by atoms with van der Waals surface area (Å²) in [6.07, 6.45) is 5.48. The Bertz CT molecular complexity index is 2820. The average molecular weight is 1310 g/mol. The monoisotopic (exact) mass is 1310 g/mol. The quantitative estimate of drug-likeness (QED) is 0.0168. The van der Waals surface area contributed by atoms with Crippen LogP contribution in [0.25, 0.3) is 0 Å². The maximum atomic E-state index is 14.5. The number of fused-ring (bicyclic) bond motifs is 3. The number of thioether (sulfide) groups is 1. The van der Waals surface area contributed by atoms with E-state index in [2.05, 4.69) is 64.4 Å². The minimum Gasteiger partial charge on any atom is -0.508 e. The number of hydrogen-bond acceptors (Lipinski definition) is 20. The number of aliphatic imine (C=N–C) groups is 1. The van der Waals surface area contributed by atoms with Gasteiger partial charge in [-0.3, -0.25) is 52.8 Å². The Hall–Kier alpha value is -7.94. The molecule has 3 aliphatic heterocycles. The highest BCUT2D eigenvalue weighted by molar-refractivity contribution is 8.00. The molecule has 0 spiro atoms. The molecule has 9 amide bonds. The fourth-order valence-corrected chi connectivity index (χ4v) is 12.2. The van der Waals surface area contributed by atoms with Crippen LogP contribution in [0.15, 0.2) is 47.7 Å². The van der Waals surface area contributed by atoms with Crippen LogP contribution in [0.3, 0.4) is 0 Å². The lowest BCUT2D eigenvalue weighted by atomic mass is 9.95. The summed E-state index contributed by atoms with van der Waals surface area (Å²) in [5.74, 6) is -7.06. The van der Waals surface area contributed by atoms with Crippen molar-refractivity contribution in [1.82, 2.24) is 57.5 Å². The van der Waals surface area contributed by atoms with Crippen LogP contribution < -0.4 is 65.5 Å². The van der Waals surface area contributed by atoms with Crippen molar-refractivity contribution in [1.29, 1.82) is 0 Å². The summed E-state index contributed by atoms with van der Waals surface area (Å²) >= 11 is 1.86. The number of unbranched alkanes of at least 4 members (excludes halogenated alkanes) is 1. The standard InChI is InChI=1S/C60H94N16O15S/c1-35(2)26-46-56(85)67-43(53(62)82)12-6-7-20-76-31-39(74-75-76)28-38(29-42(80)33-91-25-24-90-23-22-89-21-9-11-40(78)10-4-5-14-50-52-49(34-92-50)72-60(88)73-52)54(83)68-44(13-8-19-65-59(63)64)55(84)71-48(32-77)58(87)70-47(27-37-15-17-41(79)18-16-37)57(86)69-45(30-51(61)81)36(3)66-46/h15-18,31,35,38,43-50,52,66,77,79H,3-14,19-30,32-34H2,1-2H3,(H2,61,81)(H2,62,82)(H,67,85)(H,68,83)(H,69,86)(H,70,87)(H,71,84)(H4,63,64,65)(H2,72,73,88)/t38-,43+,44+,45+,46+,47+,48+,49+,50+,52+/m1/s1. The highest BCUT2D eigenvalue weighted by Gasteiger charge is 2.43. The number of aryl methyl sites for hydroxylation is 1. The van der Waals surface area contributed by atoms with Crippen molar-refractivity contribution in [2.75, 3.05) is 58.5 Å². The van der Waals surface area contributed by atoms with Gasteiger partial charge in [0.2, 0.25) is 41.4 Å². The first-order valence-corrected chi connectivity index (χ1v) is 32.4. The number of aliphatic hydroxyl groups is 1. The van der Waals surface area contributed by atoms with Crippen LogP contribution in [-0.4, -0.2) is 202 Å². The molecule has 0 unspecified atom stereocenters. The van der Waals surface area contributed by atoms with Crippen LogP contribution in [0.4, 0.5) is 4.79 Å². The minimum atomic E-state index is -1.75. The molecule has 2 fully saturated rings. The zero-order chi connectivity index (χ0) is 67.1. The number of nitrogens with two attached hydrogens (primary N) is 4. The molecule has 10 atom stereocenters. The van der Waals surface area contributed by atoms with Gasteiger partial charge in [0.05, 0.1) is 69.2 Å². The first-order chi connectivity index (χ1) is 44.0. The predicted molar refractivity (Wildman–Crippen MR) is 338 cm³/mol. The molecule has 18 N–H and O–H groups in total. The molecular formula is C60H94N16O15S. The normalized spacial score (nSPS) is 23.9. The Kier molecular flexibility index (Phi) is 32.1. The number of primary amides is 2. The Morgan fingerprint density at radius 3 is 2.07 bits per heavy atom. The van der Waals surface area contributed by atoms with Gasteiger partial charge in [-0.1, -0.05) is 44.2 Å². The highest BCUT2D eigenvalue weighted by Crippen LogP contribution is 2.33. The third kappa shape index (κ3) is 27.1. The second-order valence-corrected chi connectivity index (χ2v) is 24.9. The number of aliphatic hydroxyl groups excluding tert-OH is 1. The van der Waals surface area contributed by atoms with E-state index in [1.54, 1.807) is 6.20 Å². The Balaban J connectivity index is 1.26. The molecular weight excluding hydrogens is 1220 g/mol. The third-order valence-electron chi connectivity index (χ3n) is 15.5. The van der Waals surface area contributed by atoms with Gasteiger partial charge in [-0.15, -0.1) is 5.10 Å². The lowest BCUT2D eigenvalue weighted by Crippen LogP contribution is -2.59. The number of ether oxygens (including phenoxy) is 3. The minimum absolute atomic E-state index is 0.0136. The number of rotatable bonds is 31. The second kappa shape index (κ2) is 39.5. The van der Waals surface area contributed by atoms with Crippen molar-refractivity contribution in [3.8, 4) is 5.75 Å². The number of carbonyl (C=O) groups is 10. The summed E-state index contributed by atoms with van der Waals surface area (Å²) in [5.41, 5.74) is 23.2. The van der Waals surface area contributed by atoms with E-state index in [-0.39, 0.29) is 125 Å². The number of guanidine groups is 1. The number of ketones is 2. The van der Waals surface area contributed by atoms with E-state index < -0.39 is 115 Å². The summed E-state index contributed by atoms with van der Waals surface area (Å²) in [7, 11) is 0. The summed E-state index contributed by atoms with van der Waals surface area (Å²) in [6, 6.07) is -2.31. The SMILES string of the molecule is C=C1N[C@@H](CC(C)C)C(=O)N[C@H](C(N)=O)CCCCn2cc(nn2)C[C@H](CC(=O)COCCOCCOCCCC(=O)CCCC[C@@H]2SC[C@@H]3NC(=O)N[C@@H]32)C(=O)N[C@@H](CCCN=C(N)N)C(=O)N[C@@H](CO)C(=O)N[C@@H](Cc2ccc(O)cc2)C(=O)N[C@H]1CC(N)=O. The van der Waals surface area contributed by atoms with Crippen LogP contribution in [0.5, 0.6) is 5.75 Å². The number of carbonyl (C=O) groups excluding carboxylic acids is 10. The number of aromatic hydroxyl groups is 1. The smallest absolute Gasteiger partial charge is 0.315 e. The average Bonchev–Trinajstić information content (AvgIpc) is 1.69. The van der Waals surface area contributed by atoms with Gasteiger partial charge in [0.1, 0.15) is 48.3 Å². The fourth-order valence-electron chi connectivity index (χ4n) is 10.6. The van der Waals surface area contributed by atoms with Gasteiger partial charge in [-0.2, -0.15) is 11.8 Å². The maximum absolute atomic E-state index is 14.5. The third-order valence-corrected chi connectivity index (χ3v) is 17.0. The van der Waals surface area contributed by atoms with Crippen molar-refractivity contribution < 1.29 is 72.4 Å². The number of phenolic OH excluding ortho intramolecular Hbond substituents is 1. The first kappa shape index (κ1) is 74.8. The molecule has 510 valence electrons. The van der Waals surface area contributed by atoms with Gasteiger partial charge in [0.15, 0.2) is 11.7 Å². The summed E-state index contributed by atoms with van der Waals surface area (Å²) in [5, 5.41) is 51.5. The van der Waals surface area contributed by atoms with Crippen LogP contribution in [0.2, 0.25) is 0 Å². The molecule has 32 heteroatoms.